The molecule has 1 N–H and O–H groups in total. The van der Waals surface area contributed by atoms with Crippen molar-refractivity contribution in [1.82, 2.24) is 0 Å². The van der Waals surface area contributed by atoms with Gasteiger partial charge in [-0.25, -0.2) is 4.79 Å². The number of nitrogens with one attached hydrogen (secondary N) is 1. The fourth-order valence-corrected chi connectivity index (χ4v) is 2.37. The van der Waals surface area contributed by atoms with Gasteiger partial charge in [0.25, 0.3) is 5.91 Å². The molecule has 0 radical (unpaired) electrons. The first-order valence-corrected chi connectivity index (χ1v) is 8.98. The molecule has 0 saturated heterocycles. The van der Waals surface area contributed by atoms with E-state index >= 15 is 0 Å². The van der Waals surface area contributed by atoms with E-state index in [1.54, 1.807) is 42.5 Å². The first-order valence-electron chi connectivity index (χ1n) is 8.98. The Hall–Kier alpha value is -3.02. The van der Waals surface area contributed by atoms with E-state index in [1.165, 1.54) is 7.11 Å². The number of rotatable bonds is 9. The minimum atomic E-state index is -0.423. The van der Waals surface area contributed by atoms with Gasteiger partial charge in [-0.1, -0.05) is 13.3 Å². The van der Waals surface area contributed by atoms with Crippen LogP contribution in [0.15, 0.2) is 42.5 Å². The number of methoxy groups -OCH3 is 1. The molecule has 0 bridgehead atoms. The first-order chi connectivity index (χ1) is 13.1. The molecule has 2 aromatic rings. The summed E-state index contributed by atoms with van der Waals surface area (Å²) in [5.41, 5.74) is 1.45. The Morgan fingerprint density at radius 1 is 0.926 bits per heavy atom. The molecule has 0 heterocycles. The average Bonchev–Trinajstić information content (AvgIpc) is 2.69. The van der Waals surface area contributed by atoms with Gasteiger partial charge < -0.3 is 19.5 Å². The molecule has 2 aromatic carbocycles. The monoisotopic (exact) mass is 371 g/mol. The largest absolute Gasteiger partial charge is 0.490 e. The average molecular weight is 371 g/mol. The lowest BCUT2D eigenvalue weighted by molar-refractivity contribution is 0.0600. The number of anilines is 1. The van der Waals surface area contributed by atoms with Gasteiger partial charge in [0, 0.05) is 11.3 Å². The summed E-state index contributed by atoms with van der Waals surface area (Å²) >= 11 is 0. The van der Waals surface area contributed by atoms with E-state index in [1.807, 2.05) is 6.92 Å². The van der Waals surface area contributed by atoms with Crippen LogP contribution in [0.5, 0.6) is 11.5 Å². The summed E-state index contributed by atoms with van der Waals surface area (Å²) in [7, 11) is 1.32. The van der Waals surface area contributed by atoms with E-state index in [0.29, 0.717) is 41.5 Å². The molecule has 27 heavy (non-hydrogen) atoms. The summed E-state index contributed by atoms with van der Waals surface area (Å²) in [6.07, 6.45) is 1.99. The third-order valence-corrected chi connectivity index (χ3v) is 3.83. The molecule has 0 aliphatic rings. The Morgan fingerprint density at radius 3 is 2.26 bits per heavy atom. The van der Waals surface area contributed by atoms with Crippen molar-refractivity contribution in [2.24, 2.45) is 0 Å². The highest BCUT2D eigenvalue weighted by atomic mass is 16.5. The van der Waals surface area contributed by atoms with E-state index in [0.717, 1.165) is 12.8 Å². The minimum absolute atomic E-state index is 0.276. The number of benzene rings is 2. The van der Waals surface area contributed by atoms with Crippen LogP contribution in [-0.2, 0) is 4.74 Å². The van der Waals surface area contributed by atoms with Crippen molar-refractivity contribution in [3.63, 3.8) is 0 Å². The summed E-state index contributed by atoms with van der Waals surface area (Å²) in [5.74, 6) is 0.473. The Labute approximate surface area is 159 Å². The van der Waals surface area contributed by atoms with Crippen LogP contribution in [0.4, 0.5) is 5.69 Å². The number of hydrogen-bond donors (Lipinski definition) is 1. The number of esters is 1. The van der Waals surface area contributed by atoms with E-state index in [9.17, 15) is 9.59 Å². The Bertz CT molecular complexity index is 771. The molecule has 0 aliphatic heterocycles. The van der Waals surface area contributed by atoms with Crippen molar-refractivity contribution in [2.45, 2.75) is 26.7 Å². The fraction of sp³-hybridized carbons (Fsp3) is 0.333. The molecule has 1 amide bonds. The molecule has 6 heteroatoms. The van der Waals surface area contributed by atoms with Crippen molar-refractivity contribution in [3.8, 4) is 11.5 Å². The molecule has 0 saturated carbocycles. The van der Waals surface area contributed by atoms with Crippen molar-refractivity contribution >= 4 is 17.6 Å². The van der Waals surface area contributed by atoms with Gasteiger partial charge in [0.1, 0.15) is 0 Å². The van der Waals surface area contributed by atoms with Gasteiger partial charge >= 0.3 is 5.97 Å². The van der Waals surface area contributed by atoms with Gasteiger partial charge in [-0.15, -0.1) is 0 Å². The predicted octanol–water partition coefficient (Wildman–Crippen LogP) is 4.30. The zero-order chi connectivity index (χ0) is 19.6. The van der Waals surface area contributed by atoms with Gasteiger partial charge in [0.05, 0.1) is 25.9 Å². The highest BCUT2D eigenvalue weighted by Crippen LogP contribution is 2.29. The van der Waals surface area contributed by atoms with Gasteiger partial charge in [-0.2, -0.15) is 0 Å². The number of ether oxygens (including phenoxy) is 3. The van der Waals surface area contributed by atoms with Gasteiger partial charge in [-0.3, -0.25) is 4.79 Å². The smallest absolute Gasteiger partial charge is 0.337 e. The lowest BCUT2D eigenvalue weighted by atomic mass is 10.1. The highest BCUT2D eigenvalue weighted by molar-refractivity contribution is 6.04. The molecule has 144 valence electrons. The fourth-order valence-electron chi connectivity index (χ4n) is 2.37. The quantitative estimate of drug-likeness (QED) is 0.525. The number of hydrogen-bond acceptors (Lipinski definition) is 5. The van der Waals surface area contributed by atoms with Crippen molar-refractivity contribution in [1.29, 1.82) is 0 Å². The normalized spacial score (nSPS) is 10.2. The summed E-state index contributed by atoms with van der Waals surface area (Å²) < 4.78 is 16.0. The number of carbonyl (C=O) groups is 2. The molecular weight excluding hydrogens is 346 g/mol. The van der Waals surface area contributed by atoms with Crippen LogP contribution in [0, 0.1) is 0 Å². The molecule has 2 rings (SSSR count). The molecule has 0 atom stereocenters. The SMILES string of the molecule is CCCCOc1ccc(C(=O)Nc2ccc(C(=O)OC)cc2)cc1OCC. The van der Waals surface area contributed by atoms with Crippen molar-refractivity contribution in [3.05, 3.63) is 53.6 Å². The second-order valence-electron chi connectivity index (χ2n) is 5.82. The lowest BCUT2D eigenvalue weighted by Gasteiger charge is -2.13. The maximum atomic E-state index is 12.5. The van der Waals surface area contributed by atoms with Crippen LogP contribution in [0.3, 0.4) is 0 Å². The van der Waals surface area contributed by atoms with E-state index in [4.69, 9.17) is 9.47 Å². The summed E-state index contributed by atoms with van der Waals surface area (Å²) in [6, 6.07) is 11.6. The molecule has 0 unspecified atom stereocenters. The minimum Gasteiger partial charge on any atom is -0.490 e. The Balaban J connectivity index is 2.10. The van der Waals surface area contributed by atoms with Crippen LogP contribution >= 0.6 is 0 Å². The lowest BCUT2D eigenvalue weighted by Crippen LogP contribution is -2.12. The predicted molar refractivity (Wildman–Crippen MR) is 104 cm³/mol. The second kappa shape index (κ2) is 10.2. The van der Waals surface area contributed by atoms with Crippen LogP contribution in [0.2, 0.25) is 0 Å². The second-order valence-corrected chi connectivity index (χ2v) is 5.82. The maximum absolute atomic E-state index is 12.5. The zero-order valence-electron chi connectivity index (χ0n) is 15.9. The first kappa shape index (κ1) is 20.3. The van der Waals surface area contributed by atoms with Crippen LogP contribution in [0.1, 0.15) is 47.4 Å². The highest BCUT2D eigenvalue weighted by Gasteiger charge is 2.13. The molecular formula is C21H25NO5. The van der Waals surface area contributed by atoms with E-state index in [2.05, 4.69) is 17.0 Å². The van der Waals surface area contributed by atoms with E-state index < -0.39 is 5.97 Å². The third-order valence-electron chi connectivity index (χ3n) is 3.83. The summed E-state index contributed by atoms with van der Waals surface area (Å²) in [4.78, 5) is 24.0. The standard InChI is InChI=1S/C21H25NO5/c1-4-6-13-27-18-12-9-16(14-19(18)26-5-2)20(23)22-17-10-7-15(8-11-17)21(24)25-3/h7-12,14H,4-6,13H2,1-3H3,(H,22,23). The summed E-state index contributed by atoms with van der Waals surface area (Å²) in [6.45, 7) is 5.06. The van der Waals surface area contributed by atoms with Crippen molar-refractivity contribution in [2.75, 3.05) is 25.6 Å². The molecule has 0 spiro atoms. The molecule has 0 aliphatic carbocycles. The third kappa shape index (κ3) is 5.74. The molecule has 6 nitrogen and oxygen atoms in total. The Kier molecular flexibility index (Phi) is 7.67. The molecule has 0 fully saturated rings. The zero-order valence-corrected chi connectivity index (χ0v) is 15.9. The van der Waals surface area contributed by atoms with Gasteiger partial charge in [-0.05, 0) is 55.8 Å². The number of carbonyl (C=O) groups excluding carboxylic acids is 2. The molecule has 0 aromatic heterocycles. The van der Waals surface area contributed by atoms with Crippen LogP contribution < -0.4 is 14.8 Å². The number of unbranched alkanes of at least 4 members (excludes halogenated alkanes) is 1. The van der Waals surface area contributed by atoms with Crippen LogP contribution in [-0.4, -0.2) is 32.2 Å². The Morgan fingerprint density at radius 2 is 1.63 bits per heavy atom. The summed E-state index contributed by atoms with van der Waals surface area (Å²) in [5, 5.41) is 2.80. The van der Waals surface area contributed by atoms with Gasteiger partial charge in [0.15, 0.2) is 11.5 Å². The number of amides is 1. The van der Waals surface area contributed by atoms with Crippen LogP contribution in [0.25, 0.3) is 0 Å². The van der Waals surface area contributed by atoms with Crippen molar-refractivity contribution < 1.29 is 23.8 Å². The van der Waals surface area contributed by atoms with E-state index in [-0.39, 0.29) is 5.91 Å². The topological polar surface area (TPSA) is 73.9 Å². The van der Waals surface area contributed by atoms with Gasteiger partial charge in [0.2, 0.25) is 0 Å². The maximum Gasteiger partial charge on any atom is 0.337 e.